The molecule has 0 bridgehead atoms. The van der Waals surface area contributed by atoms with E-state index >= 15 is 0 Å². The van der Waals surface area contributed by atoms with Crippen molar-refractivity contribution < 1.29 is 9.21 Å². The van der Waals surface area contributed by atoms with E-state index in [0.29, 0.717) is 22.1 Å². The summed E-state index contributed by atoms with van der Waals surface area (Å²) in [6.45, 7) is 2.08. The van der Waals surface area contributed by atoms with Gasteiger partial charge < -0.3 is 9.73 Å². The predicted octanol–water partition coefficient (Wildman–Crippen LogP) is 4.24. The van der Waals surface area contributed by atoms with Crippen molar-refractivity contribution in [2.75, 3.05) is 5.32 Å². The van der Waals surface area contributed by atoms with Crippen LogP contribution >= 0.6 is 23.1 Å². The van der Waals surface area contributed by atoms with Gasteiger partial charge in [0.2, 0.25) is 4.96 Å². The summed E-state index contributed by atoms with van der Waals surface area (Å²) in [6, 6.07) is 12.3. The molecule has 29 heavy (non-hydrogen) atoms. The number of aryl methyl sites for hydroxylation is 1. The number of nitrogens with zero attached hydrogens (tertiary/aromatic N) is 3. The number of hydrogen-bond donors (Lipinski definition) is 1. The zero-order valence-electron chi connectivity index (χ0n) is 15.6. The fourth-order valence-corrected chi connectivity index (χ4v) is 4.64. The van der Waals surface area contributed by atoms with Crippen LogP contribution in [0.5, 0.6) is 0 Å². The quantitative estimate of drug-likeness (QED) is 0.445. The van der Waals surface area contributed by atoms with Crippen molar-refractivity contribution in [2.24, 2.45) is 0 Å². The molecule has 0 atom stereocenters. The van der Waals surface area contributed by atoms with Crippen LogP contribution in [0.4, 0.5) is 5.69 Å². The van der Waals surface area contributed by atoms with Crippen molar-refractivity contribution >= 4 is 39.7 Å². The summed E-state index contributed by atoms with van der Waals surface area (Å²) in [5, 5.41) is 8.10. The van der Waals surface area contributed by atoms with Crippen molar-refractivity contribution in [3.63, 3.8) is 0 Å². The Labute approximate surface area is 174 Å². The molecule has 0 saturated carbocycles. The van der Waals surface area contributed by atoms with Crippen LogP contribution < -0.4 is 10.9 Å². The van der Waals surface area contributed by atoms with Crippen molar-refractivity contribution in [3.8, 4) is 0 Å². The lowest BCUT2D eigenvalue weighted by Crippen LogP contribution is -2.15. The number of thioether (sulfide) groups is 1. The number of hydrogen-bond acceptors (Lipinski definition) is 7. The SMILES string of the molecule is CCCc1nn2c(=O)cc(CSc3ccccc3NC(=O)c3ccco3)nc2s1. The van der Waals surface area contributed by atoms with E-state index in [2.05, 4.69) is 22.3 Å². The van der Waals surface area contributed by atoms with E-state index in [1.54, 1.807) is 12.1 Å². The summed E-state index contributed by atoms with van der Waals surface area (Å²) in [5.74, 6) is 0.437. The first kappa shape index (κ1) is 19.4. The van der Waals surface area contributed by atoms with Crippen LogP contribution in [0.2, 0.25) is 0 Å². The number of para-hydroxylation sites is 1. The van der Waals surface area contributed by atoms with Crippen molar-refractivity contribution in [1.29, 1.82) is 0 Å². The first-order valence-corrected chi connectivity index (χ1v) is 10.9. The molecular formula is C20H18N4O3S2. The average molecular weight is 427 g/mol. The second-order valence-corrected chi connectivity index (χ2v) is 8.30. The topological polar surface area (TPSA) is 89.5 Å². The molecule has 0 aliphatic heterocycles. The first-order valence-electron chi connectivity index (χ1n) is 9.09. The van der Waals surface area contributed by atoms with Gasteiger partial charge in [-0.05, 0) is 30.7 Å². The predicted molar refractivity (Wildman–Crippen MR) is 114 cm³/mol. The van der Waals surface area contributed by atoms with Crippen LogP contribution in [0.3, 0.4) is 0 Å². The van der Waals surface area contributed by atoms with E-state index < -0.39 is 0 Å². The van der Waals surface area contributed by atoms with Crippen molar-refractivity contribution in [1.82, 2.24) is 14.6 Å². The van der Waals surface area contributed by atoms with Gasteiger partial charge in [0.1, 0.15) is 5.01 Å². The molecule has 4 aromatic rings. The molecule has 148 valence electrons. The number of fused-ring (bicyclic) bond motifs is 1. The highest BCUT2D eigenvalue weighted by Crippen LogP contribution is 2.30. The second kappa shape index (κ2) is 8.62. The molecule has 1 N–H and O–H groups in total. The van der Waals surface area contributed by atoms with Gasteiger partial charge >= 0.3 is 0 Å². The number of amides is 1. The molecule has 7 nitrogen and oxygen atoms in total. The van der Waals surface area contributed by atoms with Crippen LogP contribution in [0.15, 0.2) is 62.8 Å². The van der Waals surface area contributed by atoms with Crippen LogP contribution in [0, 0.1) is 0 Å². The Bertz CT molecular complexity index is 1200. The molecule has 3 heterocycles. The fourth-order valence-electron chi connectivity index (χ4n) is 2.72. The van der Waals surface area contributed by atoms with E-state index in [4.69, 9.17) is 4.42 Å². The van der Waals surface area contributed by atoms with E-state index in [9.17, 15) is 9.59 Å². The number of carbonyl (C=O) groups excluding carboxylic acids is 1. The highest BCUT2D eigenvalue weighted by molar-refractivity contribution is 7.98. The molecule has 0 aliphatic rings. The van der Waals surface area contributed by atoms with Gasteiger partial charge in [-0.2, -0.15) is 9.61 Å². The highest BCUT2D eigenvalue weighted by Gasteiger charge is 2.13. The second-order valence-electron chi connectivity index (χ2n) is 6.24. The Morgan fingerprint density at radius 1 is 1.28 bits per heavy atom. The van der Waals surface area contributed by atoms with Crippen LogP contribution in [0.25, 0.3) is 4.96 Å². The minimum absolute atomic E-state index is 0.177. The van der Waals surface area contributed by atoms with E-state index in [1.807, 2.05) is 24.3 Å². The smallest absolute Gasteiger partial charge is 0.291 e. The zero-order chi connectivity index (χ0) is 20.2. The van der Waals surface area contributed by atoms with Gasteiger partial charge in [0.15, 0.2) is 5.76 Å². The highest BCUT2D eigenvalue weighted by atomic mass is 32.2. The molecule has 1 aromatic carbocycles. The Balaban J connectivity index is 1.52. The summed E-state index contributed by atoms with van der Waals surface area (Å²) in [5.41, 5.74) is 1.18. The molecule has 1 amide bonds. The molecular weight excluding hydrogens is 408 g/mol. The van der Waals surface area contributed by atoms with Gasteiger partial charge in [-0.3, -0.25) is 9.59 Å². The number of nitrogens with one attached hydrogen (secondary N) is 1. The van der Waals surface area contributed by atoms with Gasteiger partial charge in [-0.1, -0.05) is 30.4 Å². The molecule has 0 aliphatic carbocycles. The summed E-state index contributed by atoms with van der Waals surface area (Å²) in [4.78, 5) is 30.7. The summed E-state index contributed by atoms with van der Waals surface area (Å²) >= 11 is 2.95. The number of furan rings is 1. The Morgan fingerprint density at radius 2 is 2.14 bits per heavy atom. The van der Waals surface area contributed by atoms with Gasteiger partial charge in [-0.25, -0.2) is 4.98 Å². The molecule has 0 fully saturated rings. The number of benzene rings is 1. The number of carbonyl (C=O) groups is 1. The largest absolute Gasteiger partial charge is 0.459 e. The lowest BCUT2D eigenvalue weighted by molar-refractivity contribution is 0.0996. The van der Waals surface area contributed by atoms with Crippen LogP contribution in [0.1, 0.15) is 34.6 Å². The monoisotopic (exact) mass is 426 g/mol. The van der Waals surface area contributed by atoms with E-state index in [1.165, 1.54) is 39.9 Å². The Kier molecular flexibility index (Phi) is 5.77. The minimum atomic E-state index is -0.311. The third-order valence-corrected chi connectivity index (χ3v) is 6.13. The van der Waals surface area contributed by atoms with Gasteiger partial charge in [0.25, 0.3) is 11.5 Å². The van der Waals surface area contributed by atoms with E-state index in [-0.39, 0.29) is 17.2 Å². The Hall–Kier alpha value is -2.91. The molecule has 0 saturated heterocycles. The normalized spacial score (nSPS) is 11.1. The van der Waals surface area contributed by atoms with Crippen LogP contribution in [-0.4, -0.2) is 20.5 Å². The first-order chi connectivity index (χ1) is 14.1. The number of anilines is 1. The summed E-state index contributed by atoms with van der Waals surface area (Å²) in [6.07, 6.45) is 3.26. The third kappa shape index (κ3) is 4.41. The standard InChI is InChI=1S/C20H18N4O3S2/c1-2-6-17-23-24-18(25)11-13(21-20(24)29-17)12-28-16-9-4-3-7-14(16)22-19(26)15-8-5-10-27-15/h3-5,7-11H,2,6,12H2,1H3,(H,22,26). The molecule has 0 radical (unpaired) electrons. The maximum absolute atomic E-state index is 12.4. The number of rotatable bonds is 7. The summed E-state index contributed by atoms with van der Waals surface area (Å²) in [7, 11) is 0. The van der Waals surface area contributed by atoms with E-state index in [0.717, 1.165) is 22.7 Å². The minimum Gasteiger partial charge on any atom is -0.459 e. The molecule has 9 heteroatoms. The van der Waals surface area contributed by atoms with Crippen molar-refractivity contribution in [3.05, 3.63) is 75.5 Å². The fraction of sp³-hybridized carbons (Fsp3) is 0.200. The molecule has 4 rings (SSSR count). The van der Waals surface area contributed by atoms with Crippen LogP contribution in [-0.2, 0) is 12.2 Å². The molecule has 0 spiro atoms. The van der Waals surface area contributed by atoms with Gasteiger partial charge in [0.05, 0.1) is 17.6 Å². The van der Waals surface area contributed by atoms with Gasteiger partial charge in [0, 0.05) is 23.1 Å². The maximum Gasteiger partial charge on any atom is 0.291 e. The van der Waals surface area contributed by atoms with Gasteiger partial charge in [-0.15, -0.1) is 11.8 Å². The summed E-state index contributed by atoms with van der Waals surface area (Å²) < 4.78 is 6.50. The third-order valence-electron chi connectivity index (χ3n) is 4.06. The Morgan fingerprint density at radius 3 is 2.93 bits per heavy atom. The average Bonchev–Trinajstić information content (AvgIpc) is 3.38. The lowest BCUT2D eigenvalue weighted by atomic mass is 10.3. The van der Waals surface area contributed by atoms with Crippen molar-refractivity contribution in [2.45, 2.75) is 30.4 Å². The lowest BCUT2D eigenvalue weighted by Gasteiger charge is -2.09. The molecule has 0 unspecified atom stereocenters. The number of aromatic nitrogens is 3. The maximum atomic E-state index is 12.4. The molecule has 3 aromatic heterocycles. The zero-order valence-corrected chi connectivity index (χ0v) is 17.3.